The van der Waals surface area contributed by atoms with Crippen molar-refractivity contribution in [2.24, 2.45) is 6.66 Å². The van der Waals surface area contributed by atoms with Crippen LogP contribution >= 0.6 is 7.53 Å². The molecule has 0 aliphatic rings. The van der Waals surface area contributed by atoms with Gasteiger partial charge in [-0.15, -0.1) is 7.53 Å². The van der Waals surface area contributed by atoms with Crippen LogP contribution in [-0.2, 0) is 6.66 Å². The summed E-state index contributed by atoms with van der Waals surface area (Å²) in [5.41, 5.74) is 0. The second kappa shape index (κ2) is 7.24. The van der Waals surface area contributed by atoms with E-state index in [4.69, 9.17) is 0 Å². The predicted octanol–water partition coefficient (Wildman–Crippen LogP) is 6.57. The third-order valence-electron chi connectivity index (χ3n) is 2.82. The Morgan fingerprint density at radius 3 is 1.33 bits per heavy atom. The Morgan fingerprint density at radius 1 is 0.611 bits per heavy atom. The molecule has 3 rings (SSSR count). The van der Waals surface area contributed by atoms with Crippen molar-refractivity contribution < 1.29 is 0 Å². The molecule has 2 aromatic carbocycles. The smallest absolute Gasteiger partial charge is 0.00211 e. The Morgan fingerprint density at radius 2 is 0.944 bits per heavy atom. The fourth-order valence-electron chi connectivity index (χ4n) is 2.12. The van der Waals surface area contributed by atoms with Crippen LogP contribution in [0.25, 0.3) is 21.0 Å². The second-order valence-electron chi connectivity index (χ2n) is 3.59. The lowest BCUT2D eigenvalue weighted by molar-refractivity contribution is 1.50. The minimum atomic E-state index is -0.0967. The van der Waals surface area contributed by atoms with E-state index in [0.717, 1.165) is 0 Å². The summed E-state index contributed by atoms with van der Waals surface area (Å²) in [6.07, 6.45) is 0. The molecule has 3 aromatic rings. The standard InChI is InChI=1S/C13H11P.2C2H6/c1-14-12-8-4-2-6-10(12)11-7-3-5-9-13(11)14;2*1-2/h2-9H,1H3;2*1-2H3. The average molecular weight is 258 g/mol. The fourth-order valence-corrected chi connectivity index (χ4v) is 4.11. The molecule has 0 radical (unpaired) electrons. The van der Waals surface area contributed by atoms with E-state index in [0.29, 0.717) is 0 Å². The van der Waals surface area contributed by atoms with E-state index < -0.39 is 0 Å². The predicted molar refractivity (Wildman–Crippen MR) is 87.8 cm³/mol. The van der Waals surface area contributed by atoms with Crippen LogP contribution in [0.5, 0.6) is 0 Å². The molecule has 0 saturated heterocycles. The molecule has 18 heavy (non-hydrogen) atoms. The molecule has 0 amide bonds. The van der Waals surface area contributed by atoms with Gasteiger partial charge in [0.2, 0.25) is 0 Å². The Balaban J connectivity index is 0.000000371. The van der Waals surface area contributed by atoms with Gasteiger partial charge in [0.1, 0.15) is 0 Å². The topological polar surface area (TPSA) is 0 Å². The van der Waals surface area contributed by atoms with Crippen molar-refractivity contribution in [3.63, 3.8) is 0 Å². The van der Waals surface area contributed by atoms with Gasteiger partial charge in [0, 0.05) is 10.2 Å². The lowest BCUT2D eigenvalue weighted by Gasteiger charge is -1.90. The zero-order valence-corrected chi connectivity index (χ0v) is 13.0. The van der Waals surface area contributed by atoms with Crippen molar-refractivity contribution in [3.05, 3.63) is 48.5 Å². The van der Waals surface area contributed by atoms with E-state index >= 15 is 0 Å². The van der Waals surface area contributed by atoms with Gasteiger partial charge in [0.05, 0.1) is 0 Å². The maximum absolute atomic E-state index is 2.35. The monoisotopic (exact) mass is 258 g/mol. The lowest BCUT2D eigenvalue weighted by Crippen LogP contribution is -1.62. The molecule has 0 nitrogen and oxygen atoms in total. The van der Waals surface area contributed by atoms with Crippen LogP contribution in [0.15, 0.2) is 48.5 Å². The molecular formula is C17H23P. The van der Waals surface area contributed by atoms with Gasteiger partial charge in [-0.05, 0) is 17.4 Å². The van der Waals surface area contributed by atoms with Crippen LogP contribution in [0, 0.1) is 0 Å². The van der Waals surface area contributed by atoms with Crippen molar-refractivity contribution in [1.29, 1.82) is 0 Å². The average Bonchev–Trinajstić information content (AvgIpc) is 2.78. The van der Waals surface area contributed by atoms with Gasteiger partial charge in [0.15, 0.2) is 0 Å². The van der Waals surface area contributed by atoms with E-state index in [-0.39, 0.29) is 7.53 Å². The number of hydrogen-bond acceptors (Lipinski definition) is 0. The minimum absolute atomic E-state index is 0.0967. The molecule has 0 aliphatic carbocycles. The van der Waals surface area contributed by atoms with Gasteiger partial charge < -0.3 is 0 Å². The van der Waals surface area contributed by atoms with Gasteiger partial charge in [-0.1, -0.05) is 76.2 Å². The Hall–Kier alpha value is -1.26. The highest BCUT2D eigenvalue weighted by Crippen LogP contribution is 2.46. The summed E-state index contributed by atoms with van der Waals surface area (Å²) in [4.78, 5) is 0. The molecule has 96 valence electrons. The van der Waals surface area contributed by atoms with E-state index in [1.165, 1.54) is 21.0 Å². The molecule has 0 atom stereocenters. The SMILES string of the molecule is CC.CC.Cp1c2ccccc2c2ccccc21. The van der Waals surface area contributed by atoms with Crippen molar-refractivity contribution in [3.8, 4) is 0 Å². The number of aryl methyl sites for hydroxylation is 1. The normalized spacial score (nSPS) is 9.39. The van der Waals surface area contributed by atoms with Gasteiger partial charge in [0.25, 0.3) is 0 Å². The second-order valence-corrected chi connectivity index (χ2v) is 5.67. The highest BCUT2D eigenvalue weighted by molar-refractivity contribution is 7.59. The van der Waals surface area contributed by atoms with Gasteiger partial charge in [-0.2, -0.15) is 0 Å². The van der Waals surface area contributed by atoms with Gasteiger partial charge in [-0.25, -0.2) is 0 Å². The molecule has 1 aromatic heterocycles. The summed E-state index contributed by atoms with van der Waals surface area (Å²) in [6.45, 7) is 10.3. The zero-order chi connectivity index (χ0) is 13.5. The molecular weight excluding hydrogens is 235 g/mol. The van der Waals surface area contributed by atoms with E-state index in [1.54, 1.807) is 0 Å². The number of hydrogen-bond donors (Lipinski definition) is 0. The largest absolute Gasteiger partial charge is 0.112 e. The quantitative estimate of drug-likeness (QED) is 0.428. The van der Waals surface area contributed by atoms with Crippen LogP contribution in [0.3, 0.4) is 0 Å². The van der Waals surface area contributed by atoms with Crippen LogP contribution in [0.2, 0.25) is 0 Å². The molecule has 0 spiro atoms. The maximum atomic E-state index is 2.35. The third-order valence-corrected chi connectivity index (χ3v) is 5.05. The third kappa shape index (κ3) is 2.60. The van der Waals surface area contributed by atoms with Gasteiger partial charge >= 0.3 is 0 Å². The van der Waals surface area contributed by atoms with Crippen LogP contribution in [0.1, 0.15) is 27.7 Å². The molecule has 0 unspecified atom stereocenters. The first kappa shape index (κ1) is 14.8. The van der Waals surface area contributed by atoms with Crippen molar-refractivity contribution in [2.75, 3.05) is 0 Å². The Kier molecular flexibility index (Phi) is 5.95. The Bertz CT molecular complexity index is 552. The maximum Gasteiger partial charge on any atom is 0.00211 e. The minimum Gasteiger partial charge on any atom is -0.112 e. The summed E-state index contributed by atoms with van der Waals surface area (Å²) in [5.74, 6) is 0. The molecule has 0 fully saturated rings. The highest BCUT2D eigenvalue weighted by Gasteiger charge is 2.05. The first-order valence-corrected chi connectivity index (χ1v) is 8.59. The summed E-state index contributed by atoms with van der Waals surface area (Å²) in [5, 5.41) is 5.95. The number of fused-ring (bicyclic) bond motifs is 3. The van der Waals surface area contributed by atoms with Crippen molar-refractivity contribution >= 4 is 28.5 Å². The van der Waals surface area contributed by atoms with Crippen LogP contribution < -0.4 is 0 Å². The first-order valence-electron chi connectivity index (χ1n) is 6.80. The highest BCUT2D eigenvalue weighted by atomic mass is 31.1. The van der Waals surface area contributed by atoms with E-state index in [1.807, 2.05) is 27.7 Å². The van der Waals surface area contributed by atoms with E-state index in [2.05, 4.69) is 55.2 Å². The van der Waals surface area contributed by atoms with Gasteiger partial charge in [-0.3, -0.25) is 0 Å². The molecule has 1 heteroatoms. The van der Waals surface area contributed by atoms with Crippen LogP contribution in [0.4, 0.5) is 0 Å². The number of benzene rings is 2. The van der Waals surface area contributed by atoms with Crippen LogP contribution in [-0.4, -0.2) is 0 Å². The summed E-state index contributed by atoms with van der Waals surface area (Å²) >= 11 is 0. The fraction of sp³-hybridized carbons (Fsp3) is 0.294. The lowest BCUT2D eigenvalue weighted by atomic mass is 10.2. The van der Waals surface area contributed by atoms with E-state index in [9.17, 15) is 0 Å². The van der Waals surface area contributed by atoms with Crippen molar-refractivity contribution in [1.82, 2.24) is 0 Å². The molecule has 0 aliphatic heterocycles. The summed E-state index contributed by atoms with van der Waals surface area (Å²) < 4.78 is 0. The Labute approximate surface area is 112 Å². The molecule has 0 N–H and O–H groups in total. The summed E-state index contributed by atoms with van der Waals surface area (Å²) in [6, 6.07) is 17.5. The molecule has 0 saturated carbocycles. The zero-order valence-electron chi connectivity index (χ0n) is 12.1. The van der Waals surface area contributed by atoms with Crippen molar-refractivity contribution in [2.45, 2.75) is 27.7 Å². The molecule has 0 bridgehead atoms. The summed E-state index contributed by atoms with van der Waals surface area (Å²) in [7, 11) is -0.0967. The first-order chi connectivity index (χ1) is 8.88. The molecule has 1 heterocycles. The number of rotatable bonds is 0.